The molecule has 0 aliphatic carbocycles. The summed E-state index contributed by atoms with van der Waals surface area (Å²) < 4.78 is 5.15. The van der Waals surface area contributed by atoms with Crippen LogP contribution in [-0.4, -0.2) is 13.0 Å². The van der Waals surface area contributed by atoms with Crippen molar-refractivity contribution in [2.24, 2.45) is 5.92 Å². The zero-order valence-electron chi connectivity index (χ0n) is 11.4. The van der Waals surface area contributed by atoms with Crippen molar-refractivity contribution >= 4 is 11.6 Å². The molecule has 1 atom stereocenters. The van der Waals surface area contributed by atoms with Crippen LogP contribution in [0.4, 0.5) is 5.69 Å². The predicted octanol–water partition coefficient (Wildman–Crippen LogP) is 3.05. The van der Waals surface area contributed by atoms with Crippen LogP contribution in [0.2, 0.25) is 0 Å². The van der Waals surface area contributed by atoms with Gasteiger partial charge in [0.1, 0.15) is 5.75 Å². The number of fused-ring (bicyclic) bond motifs is 1. The number of hydrogen-bond acceptors (Lipinski definition) is 2. The molecule has 102 valence electrons. The SMILES string of the molecule is COc1ccc(CC2Cc3ccccc3NC2=O)cc1. The summed E-state index contributed by atoms with van der Waals surface area (Å²) in [6.07, 6.45) is 1.55. The van der Waals surface area contributed by atoms with Crippen LogP contribution in [0.25, 0.3) is 0 Å². The van der Waals surface area contributed by atoms with Crippen molar-refractivity contribution in [2.75, 3.05) is 12.4 Å². The lowest BCUT2D eigenvalue weighted by Crippen LogP contribution is -2.31. The van der Waals surface area contributed by atoms with Crippen LogP contribution in [-0.2, 0) is 17.6 Å². The molecule has 0 aromatic heterocycles. The quantitative estimate of drug-likeness (QED) is 0.928. The minimum absolute atomic E-state index is 0.00158. The summed E-state index contributed by atoms with van der Waals surface area (Å²) in [5.41, 5.74) is 3.32. The monoisotopic (exact) mass is 267 g/mol. The predicted molar refractivity (Wildman–Crippen MR) is 79.0 cm³/mol. The molecule has 0 radical (unpaired) electrons. The summed E-state index contributed by atoms with van der Waals surface area (Å²) in [5, 5.41) is 2.99. The maximum Gasteiger partial charge on any atom is 0.228 e. The second kappa shape index (κ2) is 5.37. The lowest BCUT2D eigenvalue weighted by atomic mass is 9.88. The van der Waals surface area contributed by atoms with Gasteiger partial charge < -0.3 is 10.1 Å². The largest absolute Gasteiger partial charge is 0.497 e. The van der Waals surface area contributed by atoms with E-state index in [0.717, 1.165) is 29.8 Å². The summed E-state index contributed by atoms with van der Waals surface area (Å²) in [5.74, 6) is 0.949. The van der Waals surface area contributed by atoms with E-state index in [1.54, 1.807) is 7.11 Å². The summed E-state index contributed by atoms with van der Waals surface area (Å²) in [4.78, 5) is 12.1. The molecule has 1 N–H and O–H groups in total. The van der Waals surface area contributed by atoms with Gasteiger partial charge in [-0.1, -0.05) is 30.3 Å². The van der Waals surface area contributed by atoms with E-state index in [1.165, 1.54) is 5.56 Å². The molecule has 3 rings (SSSR count). The van der Waals surface area contributed by atoms with E-state index in [0.29, 0.717) is 0 Å². The Bertz CT molecular complexity index is 619. The van der Waals surface area contributed by atoms with Crippen molar-refractivity contribution in [3.05, 3.63) is 59.7 Å². The first-order valence-corrected chi connectivity index (χ1v) is 6.78. The number of rotatable bonds is 3. The summed E-state index contributed by atoms with van der Waals surface area (Å²) in [6, 6.07) is 15.9. The number of methoxy groups -OCH3 is 1. The maximum absolute atomic E-state index is 12.1. The molecule has 3 nitrogen and oxygen atoms in total. The minimum atomic E-state index is -0.00158. The first kappa shape index (κ1) is 12.7. The number of amides is 1. The van der Waals surface area contributed by atoms with Crippen LogP contribution >= 0.6 is 0 Å². The lowest BCUT2D eigenvalue weighted by molar-refractivity contribution is -0.120. The number of nitrogens with one attached hydrogen (secondary N) is 1. The first-order chi connectivity index (χ1) is 9.76. The highest BCUT2D eigenvalue weighted by atomic mass is 16.5. The zero-order chi connectivity index (χ0) is 13.9. The van der Waals surface area contributed by atoms with Crippen molar-refractivity contribution in [3.63, 3.8) is 0 Å². The van der Waals surface area contributed by atoms with E-state index >= 15 is 0 Å². The third kappa shape index (κ3) is 2.52. The number of carbonyl (C=O) groups is 1. The smallest absolute Gasteiger partial charge is 0.228 e. The average Bonchev–Trinajstić information content (AvgIpc) is 2.49. The minimum Gasteiger partial charge on any atom is -0.497 e. The molecule has 20 heavy (non-hydrogen) atoms. The molecule has 1 heterocycles. The van der Waals surface area contributed by atoms with Crippen LogP contribution in [0, 0.1) is 5.92 Å². The fourth-order valence-corrected chi connectivity index (χ4v) is 2.62. The summed E-state index contributed by atoms with van der Waals surface area (Å²) >= 11 is 0. The van der Waals surface area contributed by atoms with Gasteiger partial charge in [0.25, 0.3) is 0 Å². The van der Waals surface area contributed by atoms with Gasteiger partial charge >= 0.3 is 0 Å². The van der Waals surface area contributed by atoms with Crippen molar-refractivity contribution in [3.8, 4) is 5.75 Å². The van der Waals surface area contributed by atoms with Crippen LogP contribution in [0.5, 0.6) is 5.75 Å². The number of para-hydroxylation sites is 1. The number of ether oxygens (including phenoxy) is 1. The summed E-state index contributed by atoms with van der Waals surface area (Å²) in [6.45, 7) is 0. The number of carbonyl (C=O) groups excluding carboxylic acids is 1. The van der Waals surface area contributed by atoms with Gasteiger partial charge in [0.05, 0.1) is 7.11 Å². The highest BCUT2D eigenvalue weighted by Gasteiger charge is 2.25. The summed E-state index contributed by atoms with van der Waals surface area (Å²) in [7, 11) is 1.65. The molecule has 1 aliphatic heterocycles. The van der Waals surface area contributed by atoms with Crippen molar-refractivity contribution in [1.29, 1.82) is 0 Å². The molecule has 0 bridgehead atoms. The van der Waals surface area contributed by atoms with Gasteiger partial charge in [0.2, 0.25) is 5.91 Å². The standard InChI is InChI=1S/C17H17NO2/c1-20-15-8-6-12(7-9-15)10-14-11-13-4-2-3-5-16(13)18-17(14)19/h2-9,14H,10-11H2,1H3,(H,18,19). The fourth-order valence-electron chi connectivity index (χ4n) is 2.62. The van der Waals surface area contributed by atoms with Gasteiger partial charge in [-0.2, -0.15) is 0 Å². The average molecular weight is 267 g/mol. The van der Waals surface area contributed by atoms with E-state index in [-0.39, 0.29) is 11.8 Å². The Hall–Kier alpha value is -2.29. The third-order valence-electron chi connectivity index (χ3n) is 3.75. The van der Waals surface area contributed by atoms with E-state index < -0.39 is 0 Å². The van der Waals surface area contributed by atoms with Crippen molar-refractivity contribution in [1.82, 2.24) is 0 Å². The highest BCUT2D eigenvalue weighted by Crippen LogP contribution is 2.27. The molecule has 0 saturated heterocycles. The third-order valence-corrected chi connectivity index (χ3v) is 3.75. The molecular weight excluding hydrogens is 250 g/mol. The van der Waals surface area contributed by atoms with E-state index in [2.05, 4.69) is 11.4 Å². The van der Waals surface area contributed by atoms with Crippen LogP contribution in [0.15, 0.2) is 48.5 Å². The van der Waals surface area contributed by atoms with E-state index in [4.69, 9.17) is 4.74 Å². The Morgan fingerprint density at radius 1 is 1.15 bits per heavy atom. The Balaban J connectivity index is 1.76. The molecular formula is C17H17NO2. The first-order valence-electron chi connectivity index (χ1n) is 6.78. The fraction of sp³-hybridized carbons (Fsp3) is 0.235. The Labute approximate surface area is 118 Å². The second-order valence-corrected chi connectivity index (χ2v) is 5.10. The molecule has 3 heteroatoms. The van der Waals surface area contributed by atoms with Gasteiger partial charge in [0.15, 0.2) is 0 Å². The van der Waals surface area contributed by atoms with Crippen LogP contribution in [0.3, 0.4) is 0 Å². The number of anilines is 1. The Morgan fingerprint density at radius 2 is 1.90 bits per heavy atom. The van der Waals surface area contributed by atoms with Crippen molar-refractivity contribution < 1.29 is 9.53 Å². The van der Waals surface area contributed by atoms with Crippen LogP contribution < -0.4 is 10.1 Å². The van der Waals surface area contributed by atoms with E-state index in [9.17, 15) is 4.79 Å². The number of hydrogen-bond donors (Lipinski definition) is 1. The normalized spacial score (nSPS) is 17.2. The van der Waals surface area contributed by atoms with Gasteiger partial charge in [-0.3, -0.25) is 4.79 Å². The van der Waals surface area contributed by atoms with Crippen molar-refractivity contribution in [2.45, 2.75) is 12.8 Å². The van der Waals surface area contributed by atoms with E-state index in [1.807, 2.05) is 42.5 Å². The van der Waals surface area contributed by atoms with Gasteiger partial charge in [-0.25, -0.2) is 0 Å². The van der Waals surface area contributed by atoms with Gasteiger partial charge in [-0.15, -0.1) is 0 Å². The molecule has 0 fully saturated rings. The molecule has 0 spiro atoms. The van der Waals surface area contributed by atoms with Gasteiger partial charge in [-0.05, 0) is 42.2 Å². The number of benzene rings is 2. The zero-order valence-corrected chi connectivity index (χ0v) is 11.4. The molecule has 2 aromatic rings. The second-order valence-electron chi connectivity index (χ2n) is 5.10. The Morgan fingerprint density at radius 3 is 2.65 bits per heavy atom. The van der Waals surface area contributed by atoms with Gasteiger partial charge in [0, 0.05) is 11.6 Å². The maximum atomic E-state index is 12.1. The molecule has 1 unspecified atom stereocenters. The Kier molecular flexibility index (Phi) is 3.42. The topological polar surface area (TPSA) is 38.3 Å². The lowest BCUT2D eigenvalue weighted by Gasteiger charge is -2.24. The molecule has 0 saturated carbocycles. The molecule has 2 aromatic carbocycles. The molecule has 1 aliphatic rings. The highest BCUT2D eigenvalue weighted by molar-refractivity contribution is 5.95. The van der Waals surface area contributed by atoms with Crippen LogP contribution in [0.1, 0.15) is 11.1 Å². The molecule has 1 amide bonds.